The van der Waals surface area contributed by atoms with Crippen molar-refractivity contribution in [1.29, 1.82) is 0 Å². The van der Waals surface area contributed by atoms with E-state index in [0.29, 0.717) is 5.76 Å². The highest BCUT2D eigenvalue weighted by molar-refractivity contribution is 7.98. The van der Waals surface area contributed by atoms with Crippen molar-refractivity contribution in [3.8, 4) is 0 Å². The molecule has 3 rings (SSSR count). The highest BCUT2D eigenvalue weighted by Gasteiger charge is 2.34. The van der Waals surface area contributed by atoms with Gasteiger partial charge in [0.1, 0.15) is 17.2 Å². The van der Waals surface area contributed by atoms with Crippen LogP contribution in [0.4, 0.5) is 0 Å². The number of rotatable bonds is 7. The van der Waals surface area contributed by atoms with Crippen LogP contribution in [0.15, 0.2) is 21.1 Å². The van der Waals surface area contributed by atoms with Gasteiger partial charge >= 0.3 is 0 Å². The van der Waals surface area contributed by atoms with Crippen LogP contribution in [0.25, 0.3) is 0 Å². The number of amides is 1. The number of unbranched alkanes of at least 4 members (excludes halogenated alkanes) is 1. The van der Waals surface area contributed by atoms with Crippen LogP contribution < -0.4 is 0 Å². The maximum Gasteiger partial charge on any atom is 0.290 e. The van der Waals surface area contributed by atoms with E-state index in [1.807, 2.05) is 42.6 Å². The molecule has 1 atom stereocenters. The number of carbonyl (C=O) groups excluding carboxylic acids is 1. The number of nitrogens with zero attached hydrogens (tertiary/aromatic N) is 2. The lowest BCUT2D eigenvalue weighted by Crippen LogP contribution is -2.30. The van der Waals surface area contributed by atoms with Crippen LogP contribution in [0, 0.1) is 13.8 Å². The van der Waals surface area contributed by atoms with E-state index in [0.717, 1.165) is 53.7 Å². The smallest absolute Gasteiger partial charge is 0.290 e. The van der Waals surface area contributed by atoms with E-state index in [1.54, 1.807) is 0 Å². The van der Waals surface area contributed by atoms with Crippen LogP contribution in [0.5, 0.6) is 0 Å². The van der Waals surface area contributed by atoms with E-state index in [4.69, 9.17) is 8.94 Å². The first-order valence-electron chi connectivity index (χ1n) is 9.01. The number of thioether (sulfide) groups is 1. The lowest BCUT2D eigenvalue weighted by atomic mass is 10.1. The zero-order valence-electron chi connectivity index (χ0n) is 15.2. The molecule has 6 heteroatoms. The molecular formula is C19H26N2O3S. The molecule has 1 amide bonds. The van der Waals surface area contributed by atoms with Crippen LogP contribution in [-0.4, -0.2) is 28.3 Å². The summed E-state index contributed by atoms with van der Waals surface area (Å²) in [5.74, 6) is 4.06. The van der Waals surface area contributed by atoms with E-state index in [1.165, 1.54) is 12.8 Å². The second-order valence-electron chi connectivity index (χ2n) is 6.62. The van der Waals surface area contributed by atoms with Gasteiger partial charge in [-0.2, -0.15) is 11.8 Å². The third-order valence-corrected chi connectivity index (χ3v) is 5.72. The maximum atomic E-state index is 12.9. The molecule has 1 aliphatic heterocycles. The van der Waals surface area contributed by atoms with Gasteiger partial charge in [0.05, 0.1) is 6.04 Å². The Morgan fingerprint density at radius 2 is 2.24 bits per heavy atom. The van der Waals surface area contributed by atoms with Gasteiger partial charge in [0.15, 0.2) is 5.76 Å². The van der Waals surface area contributed by atoms with Gasteiger partial charge in [-0.1, -0.05) is 18.5 Å². The molecule has 0 radical (unpaired) electrons. The molecule has 136 valence electrons. The van der Waals surface area contributed by atoms with Crippen molar-refractivity contribution < 1.29 is 13.7 Å². The molecule has 5 nitrogen and oxygen atoms in total. The van der Waals surface area contributed by atoms with Crippen molar-refractivity contribution in [3.05, 3.63) is 40.7 Å². The van der Waals surface area contributed by atoms with Crippen molar-refractivity contribution in [2.75, 3.05) is 12.3 Å². The second kappa shape index (κ2) is 8.13. The molecule has 0 aliphatic carbocycles. The van der Waals surface area contributed by atoms with E-state index >= 15 is 0 Å². The summed E-state index contributed by atoms with van der Waals surface area (Å²) in [6.45, 7) is 6.74. The number of aromatic nitrogens is 1. The zero-order valence-corrected chi connectivity index (χ0v) is 16.0. The molecule has 0 aromatic carbocycles. The summed E-state index contributed by atoms with van der Waals surface area (Å²) in [7, 11) is 0. The molecule has 2 aromatic rings. The number of likely N-dealkylation sites (tertiary alicyclic amines) is 1. The van der Waals surface area contributed by atoms with Crippen LogP contribution in [0.1, 0.15) is 72.0 Å². The quantitative estimate of drug-likeness (QED) is 0.656. The summed E-state index contributed by atoms with van der Waals surface area (Å²) in [5, 5.41) is 4.10. The standard InChI is InChI=1S/C19H26N2O3S/c1-4-5-9-25-12-15-11-18(23-14(15)3)19(22)21-8-6-7-17(21)16-10-13(2)24-20-16/h10-11,17H,4-9,12H2,1-3H3. The van der Waals surface area contributed by atoms with E-state index in [2.05, 4.69) is 12.1 Å². The highest BCUT2D eigenvalue weighted by atomic mass is 32.2. The first-order chi connectivity index (χ1) is 12.1. The molecule has 0 saturated carbocycles. The van der Waals surface area contributed by atoms with Gasteiger partial charge in [0.2, 0.25) is 0 Å². The number of carbonyl (C=O) groups is 1. The molecule has 1 aliphatic rings. The molecular weight excluding hydrogens is 336 g/mol. The fourth-order valence-corrected chi connectivity index (χ4v) is 4.34. The molecule has 0 N–H and O–H groups in total. The zero-order chi connectivity index (χ0) is 17.8. The Hall–Kier alpha value is -1.69. The predicted octanol–water partition coefficient (Wildman–Crippen LogP) is 4.90. The molecule has 0 bridgehead atoms. The van der Waals surface area contributed by atoms with Crippen molar-refractivity contribution >= 4 is 17.7 Å². The first-order valence-corrected chi connectivity index (χ1v) is 10.2. The average molecular weight is 362 g/mol. The van der Waals surface area contributed by atoms with Crippen LogP contribution in [-0.2, 0) is 5.75 Å². The van der Waals surface area contributed by atoms with Crippen molar-refractivity contribution in [3.63, 3.8) is 0 Å². The first kappa shape index (κ1) is 18.1. The second-order valence-corrected chi connectivity index (χ2v) is 7.72. The molecule has 1 saturated heterocycles. The Morgan fingerprint density at radius 1 is 1.40 bits per heavy atom. The average Bonchev–Trinajstić information content (AvgIpc) is 3.31. The topological polar surface area (TPSA) is 59.5 Å². The molecule has 3 heterocycles. The fraction of sp³-hybridized carbons (Fsp3) is 0.579. The van der Waals surface area contributed by atoms with E-state index < -0.39 is 0 Å². The molecule has 2 aromatic heterocycles. The van der Waals surface area contributed by atoms with Gasteiger partial charge in [-0.25, -0.2) is 0 Å². The summed E-state index contributed by atoms with van der Waals surface area (Å²) in [6.07, 6.45) is 4.32. The third-order valence-electron chi connectivity index (χ3n) is 4.63. The third kappa shape index (κ3) is 4.11. The summed E-state index contributed by atoms with van der Waals surface area (Å²) in [5.41, 5.74) is 1.96. The van der Waals surface area contributed by atoms with E-state index in [-0.39, 0.29) is 11.9 Å². The van der Waals surface area contributed by atoms with Crippen molar-refractivity contribution in [2.45, 2.75) is 58.2 Å². The minimum absolute atomic E-state index is 0.0160. The fourth-order valence-electron chi connectivity index (χ4n) is 3.20. The normalized spacial score (nSPS) is 17.4. The van der Waals surface area contributed by atoms with Gasteiger partial charge in [0.25, 0.3) is 5.91 Å². The van der Waals surface area contributed by atoms with Gasteiger partial charge in [-0.3, -0.25) is 4.79 Å². The summed E-state index contributed by atoms with van der Waals surface area (Å²) >= 11 is 1.90. The molecule has 0 spiro atoms. The van der Waals surface area contributed by atoms with Gasteiger partial charge in [0, 0.05) is 23.9 Å². The van der Waals surface area contributed by atoms with Crippen molar-refractivity contribution in [2.24, 2.45) is 0 Å². The summed E-state index contributed by atoms with van der Waals surface area (Å²) in [4.78, 5) is 14.8. The number of hydrogen-bond acceptors (Lipinski definition) is 5. The lowest BCUT2D eigenvalue weighted by molar-refractivity contribution is 0.0697. The Morgan fingerprint density at radius 3 is 2.96 bits per heavy atom. The minimum atomic E-state index is -0.0453. The highest BCUT2D eigenvalue weighted by Crippen LogP contribution is 2.33. The Kier molecular flexibility index (Phi) is 5.89. The molecule has 1 unspecified atom stereocenters. The largest absolute Gasteiger partial charge is 0.456 e. The van der Waals surface area contributed by atoms with Gasteiger partial charge in [-0.15, -0.1) is 0 Å². The van der Waals surface area contributed by atoms with Crippen molar-refractivity contribution in [1.82, 2.24) is 10.1 Å². The van der Waals surface area contributed by atoms with Crippen LogP contribution in [0.3, 0.4) is 0 Å². The van der Waals surface area contributed by atoms with Crippen LogP contribution in [0.2, 0.25) is 0 Å². The van der Waals surface area contributed by atoms with Gasteiger partial charge in [-0.05, 0) is 44.9 Å². The predicted molar refractivity (Wildman–Crippen MR) is 98.8 cm³/mol. The Bertz CT molecular complexity index is 722. The summed E-state index contributed by atoms with van der Waals surface area (Å²) < 4.78 is 11.0. The maximum absolute atomic E-state index is 12.9. The Labute approximate surface area is 153 Å². The minimum Gasteiger partial charge on any atom is -0.456 e. The SMILES string of the molecule is CCCCSCc1cc(C(=O)N2CCCC2c2cc(C)on2)oc1C. The molecule has 1 fully saturated rings. The monoisotopic (exact) mass is 362 g/mol. The lowest BCUT2D eigenvalue weighted by Gasteiger charge is -2.21. The molecule has 25 heavy (non-hydrogen) atoms. The number of furan rings is 1. The number of aryl methyl sites for hydroxylation is 2. The van der Waals surface area contributed by atoms with Gasteiger partial charge < -0.3 is 13.8 Å². The van der Waals surface area contributed by atoms with E-state index in [9.17, 15) is 4.79 Å². The Balaban J connectivity index is 1.69. The summed E-state index contributed by atoms with van der Waals surface area (Å²) in [6, 6.07) is 3.82. The number of hydrogen-bond donors (Lipinski definition) is 0. The van der Waals surface area contributed by atoms with Crippen LogP contribution >= 0.6 is 11.8 Å².